The van der Waals surface area contributed by atoms with Crippen LogP contribution in [0.1, 0.15) is 43.6 Å². The summed E-state index contributed by atoms with van der Waals surface area (Å²) >= 11 is 0. The third-order valence-electron chi connectivity index (χ3n) is 1.64. The zero-order chi connectivity index (χ0) is 10.6. The van der Waals surface area contributed by atoms with Crippen LogP contribution in [0.5, 0.6) is 0 Å². The van der Waals surface area contributed by atoms with Crippen molar-refractivity contribution in [1.82, 2.24) is 20.5 Å². The highest BCUT2D eigenvalue weighted by Crippen LogP contribution is 1.96. The largest absolute Gasteiger partial charge is 0.347 e. The molecule has 1 aromatic rings. The molecule has 1 amide bonds. The quantitative estimate of drug-likeness (QED) is 0.751. The lowest BCUT2D eigenvalue weighted by Gasteiger charge is -2.04. The number of aromatic amines is 1. The summed E-state index contributed by atoms with van der Waals surface area (Å²) in [5, 5.41) is 9.31. The average molecular weight is 196 g/mol. The maximum atomic E-state index is 11.4. The number of H-pyrrole nitrogens is 1. The first-order valence-electron chi connectivity index (χ1n) is 4.85. The minimum Gasteiger partial charge on any atom is -0.347 e. The van der Waals surface area contributed by atoms with Gasteiger partial charge in [0.15, 0.2) is 0 Å². The Labute approximate surface area is 83.3 Å². The summed E-state index contributed by atoms with van der Waals surface area (Å²) in [5.41, 5.74) is 0. The molecule has 78 valence electrons. The molecular weight excluding hydrogens is 180 g/mol. The second-order valence-corrected chi connectivity index (χ2v) is 3.48. The minimum atomic E-state index is -0.224. The second-order valence-electron chi connectivity index (χ2n) is 3.48. The summed E-state index contributed by atoms with van der Waals surface area (Å²) in [6.45, 7) is 5.85. The lowest BCUT2D eigenvalue weighted by atomic mass is 10.3. The number of rotatable bonds is 4. The van der Waals surface area contributed by atoms with Crippen LogP contribution >= 0.6 is 0 Å². The van der Waals surface area contributed by atoms with E-state index >= 15 is 0 Å². The monoisotopic (exact) mass is 196 g/mol. The number of aromatic nitrogens is 3. The Morgan fingerprint density at radius 2 is 2.29 bits per heavy atom. The fraction of sp³-hybridized carbons (Fsp3) is 0.667. The molecule has 0 aliphatic heterocycles. The van der Waals surface area contributed by atoms with Crippen molar-refractivity contribution in [3.05, 3.63) is 11.6 Å². The third kappa shape index (κ3) is 2.83. The van der Waals surface area contributed by atoms with Gasteiger partial charge >= 0.3 is 0 Å². The molecule has 0 atom stereocenters. The van der Waals surface area contributed by atoms with Gasteiger partial charge in [-0.25, -0.2) is 4.98 Å². The predicted molar refractivity (Wildman–Crippen MR) is 53.0 cm³/mol. The standard InChI is InChI=1S/C9H16N4O/c1-4-5-7-11-8(13-12-7)9(14)10-6(2)3/h6H,4-5H2,1-3H3,(H,10,14)(H,11,12,13). The SMILES string of the molecule is CCCc1nc(C(=O)NC(C)C)n[nH]1. The van der Waals surface area contributed by atoms with E-state index in [2.05, 4.69) is 27.4 Å². The molecule has 0 aliphatic carbocycles. The van der Waals surface area contributed by atoms with Crippen LogP contribution in [0.2, 0.25) is 0 Å². The zero-order valence-corrected chi connectivity index (χ0v) is 8.79. The van der Waals surface area contributed by atoms with Crippen LogP contribution in [-0.4, -0.2) is 27.1 Å². The van der Waals surface area contributed by atoms with Crippen molar-refractivity contribution in [2.75, 3.05) is 0 Å². The molecule has 2 N–H and O–H groups in total. The molecule has 0 fully saturated rings. The van der Waals surface area contributed by atoms with E-state index in [9.17, 15) is 4.79 Å². The highest BCUT2D eigenvalue weighted by molar-refractivity contribution is 5.90. The van der Waals surface area contributed by atoms with Crippen LogP contribution in [0.25, 0.3) is 0 Å². The van der Waals surface area contributed by atoms with Crippen molar-refractivity contribution in [1.29, 1.82) is 0 Å². The lowest BCUT2D eigenvalue weighted by molar-refractivity contribution is 0.0933. The lowest BCUT2D eigenvalue weighted by Crippen LogP contribution is -2.30. The molecule has 0 radical (unpaired) electrons. The Morgan fingerprint density at radius 3 is 2.86 bits per heavy atom. The van der Waals surface area contributed by atoms with Crippen LogP contribution in [-0.2, 0) is 6.42 Å². The molecule has 1 aromatic heterocycles. The summed E-state index contributed by atoms with van der Waals surface area (Å²) in [4.78, 5) is 15.5. The Kier molecular flexibility index (Phi) is 3.62. The summed E-state index contributed by atoms with van der Waals surface area (Å²) in [6.07, 6.45) is 1.81. The molecule has 5 heteroatoms. The number of aryl methyl sites for hydroxylation is 1. The van der Waals surface area contributed by atoms with E-state index < -0.39 is 0 Å². The van der Waals surface area contributed by atoms with Gasteiger partial charge in [0.05, 0.1) is 0 Å². The van der Waals surface area contributed by atoms with Gasteiger partial charge in [-0.3, -0.25) is 9.89 Å². The van der Waals surface area contributed by atoms with Gasteiger partial charge in [-0.2, -0.15) is 0 Å². The number of amides is 1. The molecule has 0 saturated carbocycles. The van der Waals surface area contributed by atoms with Crippen LogP contribution in [0.4, 0.5) is 0 Å². The first-order valence-corrected chi connectivity index (χ1v) is 4.85. The van der Waals surface area contributed by atoms with E-state index in [0.29, 0.717) is 0 Å². The van der Waals surface area contributed by atoms with E-state index in [1.54, 1.807) is 0 Å². The van der Waals surface area contributed by atoms with Gasteiger partial charge in [0.25, 0.3) is 5.91 Å². The molecule has 0 unspecified atom stereocenters. The van der Waals surface area contributed by atoms with Crippen molar-refractivity contribution in [3.8, 4) is 0 Å². The smallest absolute Gasteiger partial charge is 0.291 e. The van der Waals surface area contributed by atoms with Crippen molar-refractivity contribution in [2.45, 2.75) is 39.7 Å². The third-order valence-corrected chi connectivity index (χ3v) is 1.64. The molecule has 5 nitrogen and oxygen atoms in total. The summed E-state index contributed by atoms with van der Waals surface area (Å²) in [7, 11) is 0. The van der Waals surface area contributed by atoms with E-state index in [-0.39, 0.29) is 17.8 Å². The number of hydrogen-bond donors (Lipinski definition) is 2. The Balaban J connectivity index is 2.62. The Morgan fingerprint density at radius 1 is 1.57 bits per heavy atom. The fourth-order valence-electron chi connectivity index (χ4n) is 1.07. The Bertz CT molecular complexity index is 306. The maximum Gasteiger partial charge on any atom is 0.291 e. The second kappa shape index (κ2) is 4.74. The van der Waals surface area contributed by atoms with Crippen LogP contribution in [0, 0.1) is 0 Å². The number of carbonyl (C=O) groups is 1. The van der Waals surface area contributed by atoms with Gasteiger partial charge in [0.1, 0.15) is 5.82 Å². The van der Waals surface area contributed by atoms with Gasteiger partial charge in [0.2, 0.25) is 5.82 Å². The predicted octanol–water partition coefficient (Wildman–Crippen LogP) is 0.895. The highest BCUT2D eigenvalue weighted by Gasteiger charge is 2.12. The van der Waals surface area contributed by atoms with Crippen molar-refractivity contribution >= 4 is 5.91 Å². The van der Waals surface area contributed by atoms with Crippen molar-refractivity contribution in [3.63, 3.8) is 0 Å². The minimum absolute atomic E-state index is 0.107. The topological polar surface area (TPSA) is 70.7 Å². The zero-order valence-electron chi connectivity index (χ0n) is 8.79. The summed E-state index contributed by atoms with van der Waals surface area (Å²) in [6, 6.07) is 0.107. The molecule has 0 aliphatic rings. The molecular formula is C9H16N4O. The van der Waals surface area contributed by atoms with Crippen molar-refractivity contribution in [2.24, 2.45) is 0 Å². The van der Waals surface area contributed by atoms with Gasteiger partial charge in [-0.1, -0.05) is 6.92 Å². The molecule has 0 aromatic carbocycles. The number of nitrogens with zero attached hydrogens (tertiary/aromatic N) is 2. The van der Waals surface area contributed by atoms with Crippen LogP contribution in [0.3, 0.4) is 0 Å². The van der Waals surface area contributed by atoms with E-state index in [1.165, 1.54) is 0 Å². The van der Waals surface area contributed by atoms with Crippen LogP contribution < -0.4 is 5.32 Å². The van der Waals surface area contributed by atoms with Crippen molar-refractivity contribution < 1.29 is 4.79 Å². The van der Waals surface area contributed by atoms with Gasteiger partial charge < -0.3 is 5.32 Å². The van der Waals surface area contributed by atoms with Gasteiger partial charge in [-0.05, 0) is 20.3 Å². The van der Waals surface area contributed by atoms with E-state index in [1.807, 2.05) is 13.8 Å². The molecule has 1 heterocycles. The summed E-state index contributed by atoms with van der Waals surface area (Å²) in [5.74, 6) is 0.766. The molecule has 0 bridgehead atoms. The Hall–Kier alpha value is -1.39. The maximum absolute atomic E-state index is 11.4. The first kappa shape index (κ1) is 10.7. The normalized spacial score (nSPS) is 10.6. The number of nitrogens with one attached hydrogen (secondary N) is 2. The number of hydrogen-bond acceptors (Lipinski definition) is 3. The van der Waals surface area contributed by atoms with E-state index in [0.717, 1.165) is 18.7 Å². The number of carbonyl (C=O) groups excluding carboxylic acids is 1. The molecule has 14 heavy (non-hydrogen) atoms. The average Bonchev–Trinajstić information content (AvgIpc) is 2.52. The molecule has 0 saturated heterocycles. The highest BCUT2D eigenvalue weighted by atomic mass is 16.2. The van der Waals surface area contributed by atoms with Gasteiger partial charge in [-0.15, -0.1) is 5.10 Å². The summed E-state index contributed by atoms with van der Waals surface area (Å²) < 4.78 is 0. The molecule has 0 spiro atoms. The first-order chi connectivity index (χ1) is 6.63. The fourth-order valence-corrected chi connectivity index (χ4v) is 1.07. The van der Waals surface area contributed by atoms with Crippen LogP contribution in [0.15, 0.2) is 0 Å². The van der Waals surface area contributed by atoms with Gasteiger partial charge in [0, 0.05) is 12.5 Å². The van der Waals surface area contributed by atoms with E-state index in [4.69, 9.17) is 0 Å². The molecule has 1 rings (SSSR count).